The molecule has 0 spiro atoms. The number of rotatable bonds is 4. The summed E-state index contributed by atoms with van der Waals surface area (Å²) in [5.41, 5.74) is 1.58. The van der Waals surface area contributed by atoms with Gasteiger partial charge in [0.25, 0.3) is 5.91 Å². The van der Waals surface area contributed by atoms with Gasteiger partial charge in [-0.15, -0.1) is 0 Å². The van der Waals surface area contributed by atoms with Crippen molar-refractivity contribution in [2.75, 3.05) is 18.5 Å². The summed E-state index contributed by atoms with van der Waals surface area (Å²) < 4.78 is 0. The highest BCUT2D eigenvalue weighted by Gasteiger charge is 2.09. The highest BCUT2D eigenvalue weighted by atomic mass is 16.3. The van der Waals surface area contributed by atoms with Crippen LogP contribution in [0.5, 0.6) is 0 Å². The SMILES string of the molecule is CC(C)(C)Nc1ccc(C(=O)NCCO)cc1. The van der Waals surface area contributed by atoms with Crippen LogP contribution in [0, 0.1) is 0 Å². The van der Waals surface area contributed by atoms with E-state index in [2.05, 4.69) is 31.4 Å². The standard InChI is InChI=1S/C13H20N2O2/c1-13(2,3)15-11-6-4-10(5-7-11)12(17)14-8-9-16/h4-7,15-16H,8-9H2,1-3H3,(H,14,17). The monoisotopic (exact) mass is 236 g/mol. The van der Waals surface area contributed by atoms with E-state index in [-0.39, 0.29) is 24.6 Å². The Morgan fingerprint density at radius 3 is 2.29 bits per heavy atom. The molecule has 0 atom stereocenters. The zero-order valence-electron chi connectivity index (χ0n) is 10.6. The van der Waals surface area contributed by atoms with Crippen LogP contribution in [0.3, 0.4) is 0 Å². The number of aliphatic hydroxyl groups excluding tert-OH is 1. The number of anilines is 1. The lowest BCUT2D eigenvalue weighted by Gasteiger charge is -2.22. The lowest BCUT2D eigenvalue weighted by Crippen LogP contribution is -2.27. The van der Waals surface area contributed by atoms with Crippen molar-refractivity contribution in [3.63, 3.8) is 0 Å². The van der Waals surface area contributed by atoms with E-state index in [0.29, 0.717) is 5.56 Å². The van der Waals surface area contributed by atoms with Gasteiger partial charge < -0.3 is 15.7 Å². The molecule has 0 aliphatic rings. The van der Waals surface area contributed by atoms with Crippen LogP contribution >= 0.6 is 0 Å². The average molecular weight is 236 g/mol. The number of aliphatic hydroxyl groups is 1. The highest BCUT2D eigenvalue weighted by molar-refractivity contribution is 5.94. The molecule has 0 heterocycles. The van der Waals surface area contributed by atoms with Crippen molar-refractivity contribution in [2.24, 2.45) is 0 Å². The van der Waals surface area contributed by atoms with Crippen molar-refractivity contribution in [3.05, 3.63) is 29.8 Å². The van der Waals surface area contributed by atoms with Crippen molar-refractivity contribution in [2.45, 2.75) is 26.3 Å². The molecule has 1 rings (SSSR count). The Labute approximate surface area is 102 Å². The summed E-state index contributed by atoms with van der Waals surface area (Å²) in [5.74, 6) is -0.165. The van der Waals surface area contributed by atoms with Crippen LogP contribution in [0.15, 0.2) is 24.3 Å². The topological polar surface area (TPSA) is 61.4 Å². The molecule has 0 bridgehead atoms. The Morgan fingerprint density at radius 2 is 1.82 bits per heavy atom. The smallest absolute Gasteiger partial charge is 0.251 e. The Morgan fingerprint density at radius 1 is 1.24 bits per heavy atom. The quantitative estimate of drug-likeness (QED) is 0.744. The summed E-state index contributed by atoms with van der Waals surface area (Å²) in [6.45, 7) is 6.47. The first kappa shape index (κ1) is 13.5. The van der Waals surface area contributed by atoms with E-state index in [1.54, 1.807) is 12.1 Å². The first-order valence-electron chi connectivity index (χ1n) is 5.70. The second-order valence-electron chi connectivity index (χ2n) is 4.93. The lowest BCUT2D eigenvalue weighted by molar-refractivity contribution is 0.0945. The predicted molar refractivity (Wildman–Crippen MR) is 69.2 cm³/mol. The van der Waals surface area contributed by atoms with E-state index in [9.17, 15) is 4.79 Å². The van der Waals surface area contributed by atoms with Crippen LogP contribution in [0.4, 0.5) is 5.69 Å². The van der Waals surface area contributed by atoms with E-state index in [0.717, 1.165) is 5.69 Å². The minimum atomic E-state index is -0.165. The maximum Gasteiger partial charge on any atom is 0.251 e. The molecule has 0 fully saturated rings. The van der Waals surface area contributed by atoms with Crippen molar-refractivity contribution in [1.29, 1.82) is 0 Å². The van der Waals surface area contributed by atoms with Crippen LogP contribution < -0.4 is 10.6 Å². The number of hydrogen-bond donors (Lipinski definition) is 3. The number of nitrogens with one attached hydrogen (secondary N) is 2. The first-order valence-corrected chi connectivity index (χ1v) is 5.70. The third-order valence-electron chi connectivity index (χ3n) is 2.06. The summed E-state index contributed by atoms with van der Waals surface area (Å²) in [5, 5.41) is 14.5. The largest absolute Gasteiger partial charge is 0.395 e. The molecule has 3 N–H and O–H groups in total. The number of hydrogen-bond acceptors (Lipinski definition) is 3. The van der Waals surface area contributed by atoms with Crippen LogP contribution in [0.2, 0.25) is 0 Å². The highest BCUT2D eigenvalue weighted by Crippen LogP contribution is 2.15. The van der Waals surface area contributed by atoms with E-state index >= 15 is 0 Å². The zero-order valence-corrected chi connectivity index (χ0v) is 10.6. The Bertz CT molecular complexity index is 366. The second-order valence-corrected chi connectivity index (χ2v) is 4.93. The third kappa shape index (κ3) is 4.87. The van der Waals surface area contributed by atoms with Gasteiger partial charge in [-0.3, -0.25) is 4.79 Å². The molecule has 0 saturated carbocycles. The molecule has 0 radical (unpaired) electrons. The Hall–Kier alpha value is -1.55. The van der Waals surface area contributed by atoms with E-state index < -0.39 is 0 Å². The van der Waals surface area contributed by atoms with Crippen LogP contribution in [-0.4, -0.2) is 29.7 Å². The van der Waals surface area contributed by atoms with E-state index in [4.69, 9.17) is 5.11 Å². The maximum absolute atomic E-state index is 11.6. The minimum Gasteiger partial charge on any atom is -0.395 e. The number of carbonyl (C=O) groups is 1. The molecule has 4 nitrogen and oxygen atoms in total. The first-order chi connectivity index (χ1) is 7.92. The van der Waals surface area contributed by atoms with Gasteiger partial charge in [-0.2, -0.15) is 0 Å². The molecule has 1 aromatic carbocycles. The van der Waals surface area contributed by atoms with Crippen molar-refractivity contribution >= 4 is 11.6 Å². The normalized spacial score (nSPS) is 11.1. The average Bonchev–Trinajstić information content (AvgIpc) is 2.24. The molecular formula is C13H20N2O2. The molecule has 0 aliphatic heterocycles. The van der Waals surface area contributed by atoms with Gasteiger partial charge >= 0.3 is 0 Å². The molecule has 94 valence electrons. The fourth-order valence-electron chi connectivity index (χ4n) is 1.41. The van der Waals surface area contributed by atoms with Gasteiger partial charge in [0, 0.05) is 23.3 Å². The maximum atomic E-state index is 11.6. The molecule has 0 unspecified atom stereocenters. The summed E-state index contributed by atoms with van der Waals surface area (Å²) in [4.78, 5) is 11.6. The molecule has 1 amide bonds. The number of benzene rings is 1. The van der Waals surface area contributed by atoms with Crippen LogP contribution in [-0.2, 0) is 0 Å². The Kier molecular flexibility index (Phi) is 4.52. The summed E-state index contributed by atoms with van der Waals surface area (Å²) in [6.07, 6.45) is 0. The van der Waals surface area contributed by atoms with Gasteiger partial charge in [-0.05, 0) is 45.0 Å². The fraction of sp³-hybridized carbons (Fsp3) is 0.462. The summed E-state index contributed by atoms with van der Waals surface area (Å²) in [7, 11) is 0. The molecular weight excluding hydrogens is 216 g/mol. The van der Waals surface area contributed by atoms with Crippen molar-refractivity contribution in [3.8, 4) is 0 Å². The van der Waals surface area contributed by atoms with Crippen molar-refractivity contribution in [1.82, 2.24) is 5.32 Å². The van der Waals surface area contributed by atoms with Crippen LogP contribution in [0.1, 0.15) is 31.1 Å². The second kappa shape index (κ2) is 5.68. The molecule has 0 aromatic heterocycles. The molecule has 4 heteroatoms. The van der Waals surface area contributed by atoms with E-state index in [1.165, 1.54) is 0 Å². The lowest BCUT2D eigenvalue weighted by atomic mass is 10.1. The molecule has 0 aliphatic carbocycles. The van der Waals surface area contributed by atoms with Gasteiger partial charge in [0.1, 0.15) is 0 Å². The number of amides is 1. The fourth-order valence-corrected chi connectivity index (χ4v) is 1.41. The molecule has 17 heavy (non-hydrogen) atoms. The Balaban J connectivity index is 2.64. The third-order valence-corrected chi connectivity index (χ3v) is 2.06. The molecule has 1 aromatic rings. The van der Waals surface area contributed by atoms with Gasteiger partial charge in [0.2, 0.25) is 0 Å². The van der Waals surface area contributed by atoms with Crippen LogP contribution in [0.25, 0.3) is 0 Å². The molecule has 0 saturated heterocycles. The van der Waals surface area contributed by atoms with Gasteiger partial charge in [-0.25, -0.2) is 0 Å². The van der Waals surface area contributed by atoms with Gasteiger partial charge in [-0.1, -0.05) is 0 Å². The van der Waals surface area contributed by atoms with Crippen molar-refractivity contribution < 1.29 is 9.90 Å². The minimum absolute atomic E-state index is 0.000659. The van der Waals surface area contributed by atoms with E-state index in [1.807, 2.05) is 12.1 Å². The summed E-state index contributed by atoms with van der Waals surface area (Å²) in [6, 6.07) is 7.28. The zero-order chi connectivity index (χ0) is 12.9. The number of carbonyl (C=O) groups excluding carboxylic acids is 1. The van der Waals surface area contributed by atoms with Gasteiger partial charge in [0.05, 0.1) is 6.61 Å². The predicted octanol–water partition coefficient (Wildman–Crippen LogP) is 1.62. The van der Waals surface area contributed by atoms with Gasteiger partial charge in [0.15, 0.2) is 0 Å². The summed E-state index contributed by atoms with van der Waals surface area (Å²) >= 11 is 0.